The molecule has 1 aromatic heterocycles. The van der Waals surface area contributed by atoms with Crippen LogP contribution in [-0.4, -0.2) is 52.3 Å². The Kier molecular flexibility index (Phi) is 5.62. The summed E-state index contributed by atoms with van der Waals surface area (Å²) >= 11 is 0. The van der Waals surface area contributed by atoms with Crippen LogP contribution >= 0.6 is 0 Å². The Hall–Kier alpha value is -3.29. The molecule has 1 saturated carbocycles. The number of benzene rings is 2. The van der Waals surface area contributed by atoms with Crippen molar-refractivity contribution in [3.8, 4) is 11.3 Å². The molecule has 0 unspecified atom stereocenters. The highest BCUT2D eigenvalue weighted by Crippen LogP contribution is 2.49. The summed E-state index contributed by atoms with van der Waals surface area (Å²) in [5.41, 5.74) is 2.21. The van der Waals surface area contributed by atoms with Gasteiger partial charge in [-0.2, -0.15) is 0 Å². The molecule has 2 aliphatic rings. The molecule has 1 aliphatic carbocycles. The molecular weight excluding hydrogens is 443 g/mol. The second-order valence-corrected chi connectivity index (χ2v) is 9.54. The largest absolute Gasteiger partial charge is 0.352 e. The van der Waals surface area contributed by atoms with Gasteiger partial charge >= 0.3 is 0 Å². The fourth-order valence-corrected chi connectivity index (χ4v) is 5.24. The number of nitrogens with one attached hydrogen (secondary N) is 1. The van der Waals surface area contributed by atoms with Crippen molar-refractivity contribution >= 4 is 22.7 Å². The van der Waals surface area contributed by atoms with Gasteiger partial charge in [0.1, 0.15) is 17.5 Å². The molecule has 178 valence electrons. The predicted molar refractivity (Wildman–Crippen MR) is 123 cm³/mol. The quantitative estimate of drug-likeness (QED) is 0.596. The number of piperazine rings is 1. The predicted octanol–water partition coefficient (Wildman–Crippen LogP) is 4.83. The fraction of sp³-hybridized carbons (Fsp3) is 0.385. The van der Waals surface area contributed by atoms with Crippen LogP contribution in [-0.2, 0) is 9.59 Å². The summed E-state index contributed by atoms with van der Waals surface area (Å²) in [6.07, 6.45) is 1.05. The maximum Gasteiger partial charge on any atom is 0.242 e. The lowest BCUT2D eigenvalue weighted by Crippen LogP contribution is -2.56. The average molecular weight is 470 g/mol. The first-order chi connectivity index (χ1) is 16.2. The summed E-state index contributed by atoms with van der Waals surface area (Å²) in [5, 5.41) is 0.438. The Balaban J connectivity index is 1.40. The molecule has 1 aliphatic heterocycles. The van der Waals surface area contributed by atoms with Crippen molar-refractivity contribution in [2.75, 3.05) is 19.6 Å². The van der Waals surface area contributed by atoms with Crippen LogP contribution in [0, 0.1) is 23.4 Å². The SMILES string of the molecule is CC(C)N1CCN(C(=O)[C@H]2C[C@H](c3c(-c4ccc(F)cc4)[nH]c4c(F)cc(F)cc43)C2)CC1=O. The van der Waals surface area contributed by atoms with Crippen molar-refractivity contribution in [1.29, 1.82) is 0 Å². The molecule has 0 bridgehead atoms. The first kappa shape index (κ1) is 22.5. The van der Waals surface area contributed by atoms with Crippen molar-refractivity contribution < 1.29 is 22.8 Å². The Morgan fingerprint density at radius 2 is 1.74 bits per heavy atom. The average Bonchev–Trinajstić information content (AvgIpc) is 3.12. The van der Waals surface area contributed by atoms with E-state index < -0.39 is 11.6 Å². The number of carbonyl (C=O) groups is 2. The zero-order chi connectivity index (χ0) is 24.1. The second kappa shape index (κ2) is 8.49. The van der Waals surface area contributed by atoms with Gasteiger partial charge in [-0.05, 0) is 74.1 Å². The van der Waals surface area contributed by atoms with Gasteiger partial charge < -0.3 is 14.8 Å². The minimum Gasteiger partial charge on any atom is -0.352 e. The highest BCUT2D eigenvalue weighted by Gasteiger charge is 2.41. The van der Waals surface area contributed by atoms with Crippen LogP contribution in [0.1, 0.15) is 38.2 Å². The molecule has 2 heterocycles. The van der Waals surface area contributed by atoms with Crippen molar-refractivity contribution in [3.63, 3.8) is 0 Å². The van der Waals surface area contributed by atoms with Gasteiger partial charge in [-0.3, -0.25) is 9.59 Å². The van der Waals surface area contributed by atoms with Gasteiger partial charge in [0.25, 0.3) is 0 Å². The number of H-pyrrole nitrogens is 1. The van der Waals surface area contributed by atoms with E-state index in [9.17, 15) is 22.8 Å². The van der Waals surface area contributed by atoms with Crippen LogP contribution < -0.4 is 0 Å². The third-order valence-electron chi connectivity index (χ3n) is 7.09. The smallest absolute Gasteiger partial charge is 0.242 e. The molecule has 8 heteroatoms. The monoisotopic (exact) mass is 469 g/mol. The Labute approximate surface area is 195 Å². The van der Waals surface area contributed by atoms with Gasteiger partial charge in [0.15, 0.2) is 0 Å². The lowest BCUT2D eigenvalue weighted by molar-refractivity contribution is -0.150. The number of amides is 2. The minimum atomic E-state index is -0.696. The van der Waals surface area contributed by atoms with E-state index in [2.05, 4.69) is 4.98 Å². The summed E-state index contributed by atoms with van der Waals surface area (Å²) in [4.78, 5) is 31.9. The summed E-state index contributed by atoms with van der Waals surface area (Å²) in [5.74, 6) is -2.19. The van der Waals surface area contributed by atoms with Crippen LogP contribution in [0.4, 0.5) is 13.2 Å². The first-order valence-corrected chi connectivity index (χ1v) is 11.6. The van der Waals surface area contributed by atoms with Crippen molar-refractivity contribution in [2.24, 2.45) is 5.92 Å². The first-order valence-electron chi connectivity index (χ1n) is 11.6. The highest BCUT2D eigenvalue weighted by atomic mass is 19.1. The van der Waals surface area contributed by atoms with E-state index in [-0.39, 0.29) is 47.6 Å². The van der Waals surface area contributed by atoms with E-state index in [1.54, 1.807) is 21.9 Å². The van der Waals surface area contributed by atoms with Crippen molar-refractivity contribution in [3.05, 3.63) is 59.4 Å². The van der Waals surface area contributed by atoms with Crippen LogP contribution in [0.5, 0.6) is 0 Å². The molecule has 5 nitrogen and oxygen atoms in total. The van der Waals surface area contributed by atoms with Crippen LogP contribution in [0.25, 0.3) is 22.2 Å². The van der Waals surface area contributed by atoms with E-state index >= 15 is 0 Å². The molecule has 2 aromatic carbocycles. The highest BCUT2D eigenvalue weighted by molar-refractivity contribution is 5.93. The molecule has 34 heavy (non-hydrogen) atoms. The van der Waals surface area contributed by atoms with E-state index in [4.69, 9.17) is 0 Å². The number of fused-ring (bicyclic) bond motifs is 1. The number of aromatic amines is 1. The number of halogens is 3. The normalized spacial score (nSPS) is 20.8. The third kappa shape index (κ3) is 3.85. The Bertz CT molecular complexity index is 1260. The van der Waals surface area contributed by atoms with Crippen LogP contribution in [0.2, 0.25) is 0 Å². The van der Waals surface area contributed by atoms with Gasteiger partial charge in [0.2, 0.25) is 11.8 Å². The number of carbonyl (C=O) groups excluding carboxylic acids is 2. The standard InChI is InChI=1S/C26H26F3N3O2/c1-14(2)32-8-7-31(13-22(32)33)26(34)17-9-16(10-17)23-20-11-19(28)12-21(29)25(20)30-24(23)15-3-5-18(27)6-4-15/h3-6,11-12,14,16-17,30H,7-10,13H2,1-2H3/t16-,17-. The molecule has 2 amide bonds. The van der Waals surface area contributed by atoms with E-state index in [0.29, 0.717) is 42.6 Å². The van der Waals surface area contributed by atoms with Crippen LogP contribution in [0.3, 0.4) is 0 Å². The lowest BCUT2D eigenvalue weighted by atomic mass is 9.69. The van der Waals surface area contributed by atoms with E-state index in [1.165, 1.54) is 18.2 Å². The van der Waals surface area contributed by atoms with Crippen molar-refractivity contribution in [2.45, 2.75) is 38.6 Å². The van der Waals surface area contributed by atoms with Gasteiger partial charge in [-0.25, -0.2) is 13.2 Å². The summed E-state index contributed by atoms with van der Waals surface area (Å²) < 4.78 is 42.1. The molecule has 0 radical (unpaired) electrons. The molecule has 1 saturated heterocycles. The third-order valence-corrected chi connectivity index (χ3v) is 7.09. The summed E-state index contributed by atoms with van der Waals surface area (Å²) in [6, 6.07) is 8.07. The van der Waals surface area contributed by atoms with Gasteiger partial charge in [0, 0.05) is 36.5 Å². The minimum absolute atomic E-state index is 0.0476. The number of hydrogen-bond donors (Lipinski definition) is 1. The Morgan fingerprint density at radius 1 is 1.03 bits per heavy atom. The molecule has 1 N–H and O–H groups in total. The number of nitrogens with zero attached hydrogens (tertiary/aromatic N) is 2. The fourth-order valence-electron chi connectivity index (χ4n) is 5.24. The molecule has 3 aromatic rings. The van der Waals surface area contributed by atoms with Crippen molar-refractivity contribution in [1.82, 2.24) is 14.8 Å². The van der Waals surface area contributed by atoms with Gasteiger partial charge in [0.05, 0.1) is 17.8 Å². The zero-order valence-electron chi connectivity index (χ0n) is 19.1. The molecular formula is C26H26F3N3O2. The summed E-state index contributed by atoms with van der Waals surface area (Å²) in [6.45, 7) is 5.03. The summed E-state index contributed by atoms with van der Waals surface area (Å²) in [7, 11) is 0. The molecule has 5 rings (SSSR count). The van der Waals surface area contributed by atoms with Crippen LogP contribution in [0.15, 0.2) is 36.4 Å². The number of aromatic nitrogens is 1. The molecule has 2 fully saturated rings. The zero-order valence-corrected chi connectivity index (χ0v) is 19.1. The van der Waals surface area contributed by atoms with E-state index in [0.717, 1.165) is 11.6 Å². The lowest BCUT2D eigenvalue weighted by Gasteiger charge is -2.41. The molecule has 0 spiro atoms. The van der Waals surface area contributed by atoms with Gasteiger partial charge in [-0.15, -0.1) is 0 Å². The number of rotatable bonds is 4. The maximum atomic E-state index is 14.6. The topological polar surface area (TPSA) is 56.4 Å². The maximum absolute atomic E-state index is 14.6. The second-order valence-electron chi connectivity index (χ2n) is 9.54. The Morgan fingerprint density at radius 3 is 2.38 bits per heavy atom. The van der Waals surface area contributed by atoms with E-state index in [1.807, 2.05) is 13.8 Å². The number of hydrogen-bond acceptors (Lipinski definition) is 2. The molecule has 0 atom stereocenters. The van der Waals surface area contributed by atoms with Gasteiger partial charge in [-0.1, -0.05) is 0 Å².